The predicted octanol–water partition coefficient (Wildman–Crippen LogP) is 1.40. The van der Waals surface area contributed by atoms with Crippen LogP contribution >= 0.6 is 0 Å². The highest BCUT2D eigenvalue weighted by atomic mass is 16.5. The van der Waals surface area contributed by atoms with Gasteiger partial charge in [0.1, 0.15) is 11.3 Å². The number of nitrogens with one attached hydrogen (secondary N) is 1. The van der Waals surface area contributed by atoms with Gasteiger partial charge in [-0.15, -0.1) is 0 Å². The molecule has 2 aliphatic rings. The molecule has 0 unspecified atom stereocenters. The molecule has 0 radical (unpaired) electrons. The topological polar surface area (TPSA) is 80.3 Å². The molecule has 0 aliphatic carbocycles. The summed E-state index contributed by atoms with van der Waals surface area (Å²) in [5.41, 5.74) is 1.39. The maximum atomic E-state index is 12.3. The summed E-state index contributed by atoms with van der Waals surface area (Å²) in [4.78, 5) is 18.1. The molecule has 1 spiro atoms. The van der Waals surface area contributed by atoms with Gasteiger partial charge in [0.2, 0.25) is 0 Å². The summed E-state index contributed by atoms with van der Waals surface area (Å²) in [6, 6.07) is 5.61. The lowest BCUT2D eigenvalue weighted by Crippen LogP contribution is -2.67. The Hall–Kier alpha value is -2.25. The van der Waals surface area contributed by atoms with Crippen molar-refractivity contribution in [3.8, 4) is 0 Å². The van der Waals surface area contributed by atoms with Crippen LogP contribution in [0.15, 0.2) is 36.8 Å². The van der Waals surface area contributed by atoms with E-state index in [1.807, 2.05) is 12.1 Å². The first-order valence-electron chi connectivity index (χ1n) is 8.17. The van der Waals surface area contributed by atoms with E-state index in [-0.39, 0.29) is 17.6 Å². The Bertz CT molecular complexity index is 683. The molecule has 24 heavy (non-hydrogen) atoms. The van der Waals surface area contributed by atoms with Crippen molar-refractivity contribution >= 4 is 5.91 Å². The van der Waals surface area contributed by atoms with Gasteiger partial charge in [0, 0.05) is 31.6 Å². The minimum Gasteiger partial charge on any atom is -0.373 e. The van der Waals surface area contributed by atoms with Gasteiger partial charge in [-0.1, -0.05) is 0 Å². The van der Waals surface area contributed by atoms with Crippen LogP contribution in [0.2, 0.25) is 0 Å². The predicted molar refractivity (Wildman–Crippen MR) is 85.2 cm³/mol. The Morgan fingerprint density at radius 2 is 2.17 bits per heavy atom. The van der Waals surface area contributed by atoms with Crippen LogP contribution in [0.3, 0.4) is 0 Å². The van der Waals surface area contributed by atoms with Crippen molar-refractivity contribution < 1.29 is 14.3 Å². The first-order valence-corrected chi connectivity index (χ1v) is 8.17. The summed E-state index contributed by atoms with van der Waals surface area (Å²) in [6.45, 7) is 2.48. The Kier molecular flexibility index (Phi) is 4.03. The fourth-order valence-corrected chi connectivity index (χ4v) is 3.38. The van der Waals surface area contributed by atoms with Crippen LogP contribution in [0.4, 0.5) is 0 Å². The van der Waals surface area contributed by atoms with E-state index in [2.05, 4.69) is 15.2 Å². The minimum absolute atomic E-state index is 0.0263. The normalized spacial score (nSPS) is 22.3. The van der Waals surface area contributed by atoms with Crippen LogP contribution in [-0.4, -0.2) is 57.4 Å². The molecule has 2 aromatic rings. The lowest BCUT2D eigenvalue weighted by molar-refractivity contribution is -0.188. The number of amides is 1. The second kappa shape index (κ2) is 6.33. The molecule has 0 aromatic carbocycles. The number of hydrogen-bond acceptors (Lipinski definition) is 5. The van der Waals surface area contributed by atoms with Crippen molar-refractivity contribution in [3.63, 3.8) is 0 Å². The van der Waals surface area contributed by atoms with Crippen LogP contribution in [0.5, 0.6) is 0 Å². The molecule has 0 saturated carbocycles. The molecular formula is C17H20N4O3. The molecule has 0 bridgehead atoms. The third-order valence-corrected chi connectivity index (χ3v) is 4.66. The fraction of sp³-hybridized carbons (Fsp3) is 0.471. The minimum atomic E-state index is -0.253. The maximum absolute atomic E-state index is 12.3. The second-order valence-electron chi connectivity index (χ2n) is 6.44. The molecule has 2 aromatic heterocycles. The van der Waals surface area contributed by atoms with Gasteiger partial charge in [-0.2, -0.15) is 5.10 Å². The number of aromatic nitrogens is 3. The standard InChI is InChI=1S/C17H20N4O3/c22-16(15-3-7-19-20-15)21-11-17(12-21)9-14(4-8-24-17)23-10-13-1-5-18-6-2-13/h1-3,5-7,14H,4,8-12H2,(H,19,20)/t14-/m0/s1. The van der Waals surface area contributed by atoms with E-state index >= 15 is 0 Å². The van der Waals surface area contributed by atoms with Crippen molar-refractivity contribution in [2.45, 2.75) is 31.2 Å². The van der Waals surface area contributed by atoms with Crippen LogP contribution in [0, 0.1) is 0 Å². The van der Waals surface area contributed by atoms with Crippen molar-refractivity contribution in [1.82, 2.24) is 20.1 Å². The molecule has 2 saturated heterocycles. The van der Waals surface area contributed by atoms with Gasteiger partial charge in [-0.3, -0.25) is 14.9 Å². The molecule has 7 heteroatoms. The van der Waals surface area contributed by atoms with Gasteiger partial charge in [0.25, 0.3) is 5.91 Å². The number of pyridine rings is 1. The van der Waals surface area contributed by atoms with Crippen LogP contribution in [0.1, 0.15) is 28.9 Å². The Morgan fingerprint density at radius 3 is 2.92 bits per heavy atom. The molecule has 4 rings (SSSR count). The van der Waals surface area contributed by atoms with E-state index in [9.17, 15) is 4.79 Å². The number of likely N-dealkylation sites (tertiary alicyclic amines) is 1. The third kappa shape index (κ3) is 3.05. The molecule has 2 aliphatic heterocycles. The van der Waals surface area contributed by atoms with Crippen molar-refractivity contribution in [1.29, 1.82) is 0 Å². The smallest absolute Gasteiger partial charge is 0.272 e. The van der Waals surface area contributed by atoms with E-state index in [1.54, 1.807) is 29.6 Å². The zero-order valence-electron chi connectivity index (χ0n) is 13.4. The molecule has 2 fully saturated rings. The first-order chi connectivity index (χ1) is 11.7. The summed E-state index contributed by atoms with van der Waals surface area (Å²) in [6.07, 6.45) is 7.01. The summed E-state index contributed by atoms with van der Waals surface area (Å²) >= 11 is 0. The highest BCUT2D eigenvalue weighted by Gasteiger charge is 2.49. The summed E-state index contributed by atoms with van der Waals surface area (Å²) in [5, 5.41) is 6.54. The van der Waals surface area contributed by atoms with Crippen molar-refractivity contribution in [2.24, 2.45) is 0 Å². The van der Waals surface area contributed by atoms with Gasteiger partial charge in [-0.25, -0.2) is 0 Å². The number of ether oxygens (including phenoxy) is 2. The number of rotatable bonds is 4. The van der Waals surface area contributed by atoms with E-state index in [4.69, 9.17) is 9.47 Å². The van der Waals surface area contributed by atoms with Gasteiger partial charge >= 0.3 is 0 Å². The maximum Gasteiger partial charge on any atom is 0.272 e. The highest BCUT2D eigenvalue weighted by Crippen LogP contribution is 2.36. The third-order valence-electron chi connectivity index (χ3n) is 4.66. The Labute approximate surface area is 140 Å². The zero-order valence-corrected chi connectivity index (χ0v) is 13.4. The number of H-pyrrole nitrogens is 1. The molecule has 126 valence electrons. The van der Waals surface area contributed by atoms with Gasteiger partial charge in [0.05, 0.1) is 25.8 Å². The quantitative estimate of drug-likeness (QED) is 0.917. The highest BCUT2D eigenvalue weighted by molar-refractivity contribution is 5.92. The Balaban J connectivity index is 1.30. The Morgan fingerprint density at radius 1 is 1.33 bits per heavy atom. The van der Waals surface area contributed by atoms with Gasteiger partial charge in [0.15, 0.2) is 0 Å². The summed E-state index contributed by atoms with van der Waals surface area (Å²) in [7, 11) is 0. The average molecular weight is 328 g/mol. The lowest BCUT2D eigenvalue weighted by Gasteiger charge is -2.52. The largest absolute Gasteiger partial charge is 0.373 e. The molecular weight excluding hydrogens is 308 g/mol. The molecule has 4 heterocycles. The number of hydrogen-bond donors (Lipinski definition) is 1. The summed E-state index contributed by atoms with van der Waals surface area (Å²) < 4.78 is 12.0. The number of aromatic amines is 1. The monoisotopic (exact) mass is 328 g/mol. The SMILES string of the molecule is O=C(c1ccn[nH]1)N1CC2(C[C@@H](OCc3ccncc3)CCO2)C1. The lowest BCUT2D eigenvalue weighted by atomic mass is 9.84. The molecule has 1 atom stereocenters. The van der Waals surface area contributed by atoms with Crippen LogP contribution in [-0.2, 0) is 16.1 Å². The number of carbonyl (C=O) groups excluding carboxylic acids is 1. The zero-order chi connectivity index (χ0) is 16.4. The van der Waals surface area contributed by atoms with E-state index in [0.717, 1.165) is 18.4 Å². The van der Waals surface area contributed by atoms with Crippen LogP contribution < -0.4 is 0 Å². The van der Waals surface area contributed by atoms with Gasteiger partial charge < -0.3 is 14.4 Å². The molecule has 7 nitrogen and oxygen atoms in total. The van der Waals surface area contributed by atoms with E-state index in [1.165, 1.54) is 0 Å². The van der Waals surface area contributed by atoms with Crippen molar-refractivity contribution in [2.75, 3.05) is 19.7 Å². The number of carbonyl (C=O) groups is 1. The van der Waals surface area contributed by atoms with E-state index < -0.39 is 0 Å². The van der Waals surface area contributed by atoms with Crippen LogP contribution in [0.25, 0.3) is 0 Å². The summed E-state index contributed by atoms with van der Waals surface area (Å²) in [5.74, 6) is -0.0263. The molecule has 1 amide bonds. The molecule has 1 N–H and O–H groups in total. The fourth-order valence-electron chi connectivity index (χ4n) is 3.38. The second-order valence-corrected chi connectivity index (χ2v) is 6.44. The first kappa shape index (κ1) is 15.3. The van der Waals surface area contributed by atoms with E-state index in [0.29, 0.717) is 32.0 Å². The number of nitrogens with zero attached hydrogens (tertiary/aromatic N) is 3. The van der Waals surface area contributed by atoms with Gasteiger partial charge in [-0.05, 0) is 30.2 Å². The average Bonchev–Trinajstić information content (AvgIpc) is 3.13. The van der Waals surface area contributed by atoms with Crippen molar-refractivity contribution in [3.05, 3.63) is 48.0 Å².